The summed E-state index contributed by atoms with van der Waals surface area (Å²) in [7, 11) is -3.68. The molecular formula is C20H28ClN3O3S. The van der Waals surface area contributed by atoms with E-state index in [-0.39, 0.29) is 23.2 Å². The molecule has 0 aliphatic rings. The maximum Gasteiger partial charge on any atom is 0.262 e. The lowest BCUT2D eigenvalue weighted by Gasteiger charge is -2.12. The molecule has 0 fully saturated rings. The Balaban J connectivity index is 0.00000392. The average Bonchev–Trinajstić information content (AvgIpc) is 2.63. The van der Waals surface area contributed by atoms with E-state index in [2.05, 4.69) is 22.3 Å². The zero-order valence-electron chi connectivity index (χ0n) is 16.4. The molecule has 2 aromatic rings. The molecule has 154 valence electrons. The van der Waals surface area contributed by atoms with E-state index >= 15 is 0 Å². The van der Waals surface area contributed by atoms with Crippen LogP contribution in [-0.4, -0.2) is 34.0 Å². The molecule has 0 bridgehead atoms. The second kappa shape index (κ2) is 11.0. The van der Waals surface area contributed by atoms with Crippen LogP contribution < -0.4 is 15.4 Å². The zero-order chi connectivity index (χ0) is 19.9. The van der Waals surface area contributed by atoms with E-state index in [1.807, 2.05) is 13.0 Å². The number of benzene rings is 2. The predicted molar refractivity (Wildman–Crippen MR) is 116 cm³/mol. The number of amides is 1. The molecule has 0 radical (unpaired) electrons. The van der Waals surface area contributed by atoms with Gasteiger partial charge < -0.3 is 10.6 Å². The number of aryl methyl sites for hydroxylation is 2. The number of rotatable bonds is 9. The molecule has 1 amide bonds. The number of carbonyl (C=O) groups excluding carboxylic acids is 1. The third-order valence-electron chi connectivity index (χ3n) is 4.05. The Bertz CT molecular complexity index is 884. The summed E-state index contributed by atoms with van der Waals surface area (Å²) in [6, 6.07) is 11.7. The number of sulfonamides is 1. The van der Waals surface area contributed by atoms with Gasteiger partial charge in [0.1, 0.15) is 0 Å². The Morgan fingerprint density at radius 1 is 0.964 bits per heavy atom. The van der Waals surface area contributed by atoms with E-state index < -0.39 is 10.0 Å². The van der Waals surface area contributed by atoms with Crippen LogP contribution in [0, 0.1) is 13.8 Å². The van der Waals surface area contributed by atoms with Gasteiger partial charge in [0.25, 0.3) is 15.9 Å². The van der Waals surface area contributed by atoms with E-state index in [1.165, 1.54) is 0 Å². The standard InChI is InChI=1S/C20H27N3O3S.ClH/c1-4-11-21-12-13-22-20(24)17-7-9-18(10-8-17)23-27(25,26)19-14-15(2)5-6-16(19)3;/h5-10,14,21,23H,4,11-13H2,1-3H3,(H,22,24);1H. The van der Waals surface area contributed by atoms with Crippen LogP contribution in [0.25, 0.3) is 0 Å². The molecule has 3 N–H and O–H groups in total. The molecule has 0 unspecified atom stereocenters. The molecule has 0 saturated heterocycles. The monoisotopic (exact) mass is 425 g/mol. The topological polar surface area (TPSA) is 87.3 Å². The lowest BCUT2D eigenvalue weighted by atomic mass is 10.2. The Hall–Kier alpha value is -2.09. The molecule has 0 saturated carbocycles. The fourth-order valence-electron chi connectivity index (χ4n) is 2.56. The lowest BCUT2D eigenvalue weighted by molar-refractivity contribution is 0.0954. The Morgan fingerprint density at radius 3 is 2.29 bits per heavy atom. The van der Waals surface area contributed by atoms with E-state index in [0.29, 0.717) is 29.9 Å². The third-order valence-corrected chi connectivity index (χ3v) is 5.57. The van der Waals surface area contributed by atoms with Crippen molar-refractivity contribution in [2.45, 2.75) is 32.1 Å². The van der Waals surface area contributed by atoms with Crippen LogP contribution in [0.5, 0.6) is 0 Å². The number of nitrogens with one attached hydrogen (secondary N) is 3. The summed E-state index contributed by atoms with van der Waals surface area (Å²) in [6.07, 6.45) is 1.05. The second-order valence-corrected chi connectivity index (χ2v) is 8.11. The molecule has 2 aromatic carbocycles. The van der Waals surface area contributed by atoms with Crippen LogP contribution in [0.4, 0.5) is 5.69 Å². The highest BCUT2D eigenvalue weighted by Crippen LogP contribution is 2.21. The van der Waals surface area contributed by atoms with Gasteiger partial charge in [-0.1, -0.05) is 19.1 Å². The van der Waals surface area contributed by atoms with Gasteiger partial charge in [-0.25, -0.2) is 8.42 Å². The fraction of sp³-hybridized carbons (Fsp3) is 0.350. The van der Waals surface area contributed by atoms with E-state index in [0.717, 1.165) is 18.5 Å². The molecule has 0 aromatic heterocycles. The minimum atomic E-state index is -3.68. The minimum absolute atomic E-state index is 0. The highest BCUT2D eigenvalue weighted by atomic mass is 35.5. The van der Waals surface area contributed by atoms with E-state index in [1.54, 1.807) is 43.3 Å². The molecule has 0 aliphatic carbocycles. The van der Waals surface area contributed by atoms with E-state index in [4.69, 9.17) is 0 Å². The second-order valence-electron chi connectivity index (χ2n) is 6.46. The molecule has 6 nitrogen and oxygen atoms in total. The smallest absolute Gasteiger partial charge is 0.262 e. The fourth-order valence-corrected chi connectivity index (χ4v) is 3.95. The summed E-state index contributed by atoms with van der Waals surface area (Å²) in [5, 5.41) is 6.03. The highest BCUT2D eigenvalue weighted by Gasteiger charge is 2.17. The summed E-state index contributed by atoms with van der Waals surface area (Å²) in [4.78, 5) is 12.4. The van der Waals surface area contributed by atoms with Gasteiger partial charge in [0.15, 0.2) is 0 Å². The molecular weight excluding hydrogens is 398 g/mol. The number of hydrogen-bond donors (Lipinski definition) is 3. The van der Waals surface area contributed by atoms with Gasteiger partial charge in [-0.2, -0.15) is 0 Å². The zero-order valence-corrected chi connectivity index (χ0v) is 18.0. The molecule has 2 rings (SSSR count). The van der Waals surface area contributed by atoms with Gasteiger partial charge in [0.2, 0.25) is 0 Å². The van der Waals surface area contributed by atoms with Crippen LogP contribution >= 0.6 is 12.4 Å². The van der Waals surface area contributed by atoms with Crippen molar-refractivity contribution in [3.63, 3.8) is 0 Å². The van der Waals surface area contributed by atoms with Crippen molar-refractivity contribution in [1.82, 2.24) is 10.6 Å². The summed E-state index contributed by atoms with van der Waals surface area (Å²) in [5.74, 6) is -0.183. The Kier molecular flexibility index (Phi) is 9.45. The summed E-state index contributed by atoms with van der Waals surface area (Å²) < 4.78 is 27.8. The lowest BCUT2D eigenvalue weighted by Crippen LogP contribution is -2.32. The summed E-state index contributed by atoms with van der Waals surface area (Å²) in [6.45, 7) is 7.88. The number of anilines is 1. The molecule has 0 aliphatic heterocycles. The number of halogens is 1. The Labute approximate surface area is 173 Å². The maximum absolute atomic E-state index is 12.6. The maximum atomic E-state index is 12.6. The van der Waals surface area contributed by atoms with Gasteiger partial charge >= 0.3 is 0 Å². The van der Waals surface area contributed by atoms with Crippen LogP contribution in [0.2, 0.25) is 0 Å². The van der Waals surface area contributed by atoms with Crippen molar-refractivity contribution in [1.29, 1.82) is 0 Å². The van der Waals surface area contributed by atoms with Gasteiger partial charge in [0, 0.05) is 24.3 Å². The molecule has 0 heterocycles. The van der Waals surface area contributed by atoms with Crippen LogP contribution in [0.1, 0.15) is 34.8 Å². The van der Waals surface area contributed by atoms with Crippen molar-refractivity contribution in [2.75, 3.05) is 24.4 Å². The van der Waals surface area contributed by atoms with Crippen LogP contribution in [0.15, 0.2) is 47.4 Å². The van der Waals surface area contributed by atoms with E-state index in [9.17, 15) is 13.2 Å². The summed E-state index contributed by atoms with van der Waals surface area (Å²) >= 11 is 0. The predicted octanol–water partition coefficient (Wildman–Crippen LogP) is 3.26. The largest absolute Gasteiger partial charge is 0.351 e. The number of carbonyl (C=O) groups is 1. The SMILES string of the molecule is CCCNCCNC(=O)c1ccc(NS(=O)(=O)c2cc(C)ccc2C)cc1.Cl. The highest BCUT2D eigenvalue weighted by molar-refractivity contribution is 7.92. The van der Waals surface area contributed by atoms with Crippen molar-refractivity contribution in [2.24, 2.45) is 0 Å². The van der Waals surface area contributed by atoms with Crippen LogP contribution in [-0.2, 0) is 10.0 Å². The van der Waals surface area contributed by atoms with Crippen molar-refractivity contribution in [3.8, 4) is 0 Å². The third kappa shape index (κ3) is 6.82. The normalized spacial score (nSPS) is 10.8. The molecule has 8 heteroatoms. The first-order chi connectivity index (χ1) is 12.8. The quantitative estimate of drug-likeness (QED) is 0.538. The van der Waals surface area contributed by atoms with Crippen molar-refractivity contribution < 1.29 is 13.2 Å². The van der Waals surface area contributed by atoms with Crippen LogP contribution in [0.3, 0.4) is 0 Å². The van der Waals surface area contributed by atoms with Gasteiger partial charge in [-0.05, 0) is 68.3 Å². The molecule has 0 spiro atoms. The Morgan fingerprint density at radius 2 is 1.64 bits per heavy atom. The van der Waals surface area contributed by atoms with Gasteiger partial charge in [0.05, 0.1) is 4.90 Å². The molecule has 0 atom stereocenters. The van der Waals surface area contributed by atoms with Crippen molar-refractivity contribution >= 4 is 34.0 Å². The summed E-state index contributed by atoms with van der Waals surface area (Å²) in [5.41, 5.74) is 2.46. The first-order valence-corrected chi connectivity index (χ1v) is 10.5. The minimum Gasteiger partial charge on any atom is -0.351 e. The average molecular weight is 426 g/mol. The first-order valence-electron chi connectivity index (χ1n) is 9.02. The molecule has 28 heavy (non-hydrogen) atoms. The van der Waals surface area contributed by atoms with Gasteiger partial charge in [-0.3, -0.25) is 9.52 Å². The number of hydrogen-bond acceptors (Lipinski definition) is 4. The van der Waals surface area contributed by atoms with Crippen molar-refractivity contribution in [3.05, 3.63) is 59.2 Å². The van der Waals surface area contributed by atoms with Gasteiger partial charge in [-0.15, -0.1) is 12.4 Å². The first kappa shape index (κ1) is 23.9.